The maximum Gasteiger partial charge on any atom is 0.338 e. The molecule has 0 spiro atoms. The monoisotopic (exact) mass is 408 g/mol. The molecule has 144 valence electrons. The van der Waals surface area contributed by atoms with Crippen LogP contribution in [0, 0.1) is 0 Å². The van der Waals surface area contributed by atoms with E-state index in [0.717, 1.165) is 4.90 Å². The number of anilines is 1. The highest BCUT2D eigenvalue weighted by atomic mass is 35.5. The highest BCUT2D eigenvalue weighted by molar-refractivity contribution is 6.35. The van der Waals surface area contributed by atoms with Crippen molar-refractivity contribution in [3.63, 3.8) is 0 Å². The van der Waals surface area contributed by atoms with Gasteiger partial charge in [0.15, 0.2) is 6.61 Å². The van der Waals surface area contributed by atoms with Gasteiger partial charge in [0.05, 0.1) is 28.1 Å². The predicted octanol–water partition coefficient (Wildman–Crippen LogP) is 3.51. The third kappa shape index (κ3) is 3.43. The fraction of sp³-hybridized carbons (Fsp3) is 0.0476. The third-order valence-electron chi connectivity index (χ3n) is 4.44. The van der Waals surface area contributed by atoms with Gasteiger partial charge in [-0.15, -0.1) is 0 Å². The number of aromatic amines is 1. The molecule has 1 aromatic heterocycles. The second-order valence-corrected chi connectivity index (χ2v) is 6.70. The molecule has 4 rings (SSSR count). The summed E-state index contributed by atoms with van der Waals surface area (Å²) in [6.07, 6.45) is 1.59. The number of Topliss-reactive ketones (excluding diaryl/α,β-unsaturated/α-hetero) is 1. The van der Waals surface area contributed by atoms with E-state index in [0.29, 0.717) is 16.4 Å². The Morgan fingerprint density at radius 3 is 2.38 bits per heavy atom. The maximum atomic E-state index is 12.8. The summed E-state index contributed by atoms with van der Waals surface area (Å²) in [5, 5.41) is 0.476. The summed E-state index contributed by atoms with van der Waals surface area (Å²) in [4.78, 5) is 53.3. The first kappa shape index (κ1) is 18.6. The fourth-order valence-electron chi connectivity index (χ4n) is 2.99. The van der Waals surface area contributed by atoms with Gasteiger partial charge in [0.25, 0.3) is 11.8 Å². The minimum Gasteiger partial charge on any atom is -0.454 e. The van der Waals surface area contributed by atoms with Crippen LogP contribution in [0.4, 0.5) is 5.69 Å². The van der Waals surface area contributed by atoms with E-state index < -0.39 is 24.4 Å². The quantitative estimate of drug-likeness (QED) is 0.396. The molecule has 0 unspecified atom stereocenters. The van der Waals surface area contributed by atoms with Crippen LogP contribution in [0.3, 0.4) is 0 Å². The van der Waals surface area contributed by atoms with Crippen LogP contribution < -0.4 is 4.90 Å². The lowest BCUT2D eigenvalue weighted by Gasteiger charge is -2.13. The van der Waals surface area contributed by atoms with Crippen LogP contribution in [0.15, 0.2) is 60.8 Å². The first-order valence-electron chi connectivity index (χ1n) is 8.58. The zero-order valence-corrected chi connectivity index (χ0v) is 15.6. The Kier molecular flexibility index (Phi) is 4.74. The van der Waals surface area contributed by atoms with E-state index in [1.165, 1.54) is 18.2 Å². The van der Waals surface area contributed by atoms with Crippen molar-refractivity contribution in [1.82, 2.24) is 4.98 Å². The largest absolute Gasteiger partial charge is 0.454 e. The van der Waals surface area contributed by atoms with E-state index in [1.54, 1.807) is 42.6 Å². The van der Waals surface area contributed by atoms with E-state index in [4.69, 9.17) is 16.3 Å². The van der Waals surface area contributed by atoms with Crippen LogP contribution in [0.25, 0.3) is 0 Å². The van der Waals surface area contributed by atoms with Crippen LogP contribution in [-0.4, -0.2) is 35.2 Å². The number of carbonyl (C=O) groups excluding carboxylic acids is 4. The number of imide groups is 1. The molecule has 0 bridgehead atoms. The zero-order chi connectivity index (χ0) is 20.5. The molecule has 0 radical (unpaired) electrons. The third-order valence-corrected chi connectivity index (χ3v) is 4.69. The van der Waals surface area contributed by atoms with Gasteiger partial charge in [-0.05, 0) is 54.6 Å². The van der Waals surface area contributed by atoms with E-state index in [-0.39, 0.29) is 22.5 Å². The number of esters is 1. The van der Waals surface area contributed by atoms with Crippen molar-refractivity contribution in [3.8, 4) is 0 Å². The van der Waals surface area contributed by atoms with Crippen LogP contribution >= 0.6 is 11.6 Å². The fourth-order valence-corrected chi connectivity index (χ4v) is 3.11. The molecule has 2 amide bonds. The lowest BCUT2D eigenvalue weighted by Crippen LogP contribution is -2.29. The van der Waals surface area contributed by atoms with Gasteiger partial charge >= 0.3 is 5.97 Å². The molecular weight excluding hydrogens is 396 g/mol. The number of ether oxygens (including phenoxy) is 1. The number of carbonyl (C=O) groups is 4. The standard InChI is InChI=1S/C21H13ClN2O5/c22-13-4-6-14(7-5-13)24-19(26)15-8-3-12(10-16(15)20(24)27)21(28)29-11-18(25)17-2-1-9-23-17/h1-10,23H,11H2. The zero-order valence-electron chi connectivity index (χ0n) is 14.8. The van der Waals surface area contributed by atoms with Gasteiger partial charge in [-0.25, -0.2) is 9.69 Å². The number of H-pyrrole nitrogens is 1. The Morgan fingerprint density at radius 2 is 1.69 bits per heavy atom. The Morgan fingerprint density at radius 1 is 0.966 bits per heavy atom. The molecule has 2 aromatic carbocycles. The average molecular weight is 409 g/mol. The van der Waals surface area contributed by atoms with Crippen molar-refractivity contribution in [2.75, 3.05) is 11.5 Å². The summed E-state index contributed by atoms with van der Waals surface area (Å²) < 4.78 is 5.03. The van der Waals surface area contributed by atoms with Gasteiger partial charge in [0, 0.05) is 11.2 Å². The van der Waals surface area contributed by atoms with Gasteiger partial charge in [-0.3, -0.25) is 14.4 Å². The Balaban J connectivity index is 1.53. The molecule has 29 heavy (non-hydrogen) atoms. The SMILES string of the molecule is O=C(OCC(=O)c1ccc[nH]1)c1ccc2c(c1)C(=O)N(c1ccc(Cl)cc1)C2=O. The maximum absolute atomic E-state index is 12.8. The first-order valence-corrected chi connectivity index (χ1v) is 8.95. The number of fused-ring (bicyclic) bond motifs is 1. The van der Waals surface area contributed by atoms with Gasteiger partial charge in [-0.1, -0.05) is 11.6 Å². The number of nitrogens with zero attached hydrogens (tertiary/aromatic N) is 1. The van der Waals surface area contributed by atoms with Gasteiger partial charge in [-0.2, -0.15) is 0 Å². The highest BCUT2D eigenvalue weighted by Gasteiger charge is 2.37. The van der Waals surface area contributed by atoms with Gasteiger partial charge < -0.3 is 9.72 Å². The molecule has 1 aliphatic rings. The smallest absolute Gasteiger partial charge is 0.338 e. The molecule has 1 N–H and O–H groups in total. The lowest BCUT2D eigenvalue weighted by atomic mass is 10.1. The summed E-state index contributed by atoms with van der Waals surface area (Å²) in [5.74, 6) is -2.19. The van der Waals surface area contributed by atoms with Crippen molar-refractivity contribution in [2.45, 2.75) is 0 Å². The van der Waals surface area contributed by atoms with Crippen LogP contribution in [0.1, 0.15) is 41.6 Å². The molecular formula is C21H13ClN2O5. The van der Waals surface area contributed by atoms with Crippen molar-refractivity contribution in [3.05, 3.63) is 88.2 Å². The normalized spacial score (nSPS) is 12.8. The van der Waals surface area contributed by atoms with Crippen molar-refractivity contribution in [1.29, 1.82) is 0 Å². The molecule has 7 nitrogen and oxygen atoms in total. The summed E-state index contributed by atoms with van der Waals surface area (Å²) in [7, 11) is 0. The summed E-state index contributed by atoms with van der Waals surface area (Å²) in [6.45, 7) is -0.444. The number of hydrogen-bond donors (Lipinski definition) is 1. The van der Waals surface area contributed by atoms with Crippen molar-refractivity contribution < 1.29 is 23.9 Å². The minimum absolute atomic E-state index is 0.0714. The Bertz CT molecular complexity index is 1140. The summed E-state index contributed by atoms with van der Waals surface area (Å²) >= 11 is 5.85. The molecule has 1 aliphatic heterocycles. The molecule has 0 saturated heterocycles. The molecule has 0 atom stereocenters. The summed E-state index contributed by atoms with van der Waals surface area (Å²) in [5.41, 5.74) is 1.05. The number of halogens is 1. The van der Waals surface area contributed by atoms with Crippen LogP contribution in [-0.2, 0) is 4.74 Å². The van der Waals surface area contributed by atoms with Crippen molar-refractivity contribution >= 4 is 40.9 Å². The second kappa shape index (κ2) is 7.37. The molecule has 0 saturated carbocycles. The van der Waals surface area contributed by atoms with Gasteiger partial charge in [0.2, 0.25) is 5.78 Å². The highest BCUT2D eigenvalue weighted by Crippen LogP contribution is 2.30. The minimum atomic E-state index is -0.766. The predicted molar refractivity (Wildman–Crippen MR) is 104 cm³/mol. The molecule has 2 heterocycles. The van der Waals surface area contributed by atoms with E-state index in [9.17, 15) is 19.2 Å². The molecule has 0 fully saturated rings. The second-order valence-electron chi connectivity index (χ2n) is 6.27. The number of rotatable bonds is 5. The number of amides is 2. The van der Waals surface area contributed by atoms with Crippen molar-refractivity contribution in [2.24, 2.45) is 0 Å². The topological polar surface area (TPSA) is 96.5 Å². The van der Waals surface area contributed by atoms with E-state index in [2.05, 4.69) is 4.98 Å². The number of ketones is 1. The Hall–Kier alpha value is -3.71. The molecule has 3 aromatic rings. The number of benzene rings is 2. The van der Waals surface area contributed by atoms with E-state index in [1.807, 2.05) is 0 Å². The van der Waals surface area contributed by atoms with Gasteiger partial charge in [0.1, 0.15) is 0 Å². The average Bonchev–Trinajstić information content (AvgIpc) is 3.35. The van der Waals surface area contributed by atoms with Crippen LogP contribution in [0.5, 0.6) is 0 Å². The number of aromatic nitrogens is 1. The molecule has 0 aliphatic carbocycles. The summed E-state index contributed by atoms with van der Waals surface area (Å²) in [6, 6.07) is 13.6. The molecule has 8 heteroatoms. The Labute approximate surface area is 169 Å². The first-order chi connectivity index (χ1) is 14.0. The lowest BCUT2D eigenvalue weighted by molar-refractivity contribution is 0.0473. The van der Waals surface area contributed by atoms with Crippen LogP contribution in [0.2, 0.25) is 5.02 Å². The van der Waals surface area contributed by atoms with E-state index >= 15 is 0 Å². The number of nitrogens with one attached hydrogen (secondary N) is 1. The number of hydrogen-bond acceptors (Lipinski definition) is 5.